The quantitative estimate of drug-likeness (QED) is 0.134. The van der Waals surface area contributed by atoms with E-state index in [0.29, 0.717) is 18.8 Å². The van der Waals surface area contributed by atoms with E-state index < -0.39 is 18.1 Å². The van der Waals surface area contributed by atoms with E-state index in [1.54, 1.807) is 6.92 Å². The molecule has 5 nitrogen and oxygen atoms in total. The summed E-state index contributed by atoms with van der Waals surface area (Å²) in [6, 6.07) is -0.811. The van der Waals surface area contributed by atoms with Crippen molar-refractivity contribution in [2.45, 2.75) is 106 Å². The van der Waals surface area contributed by atoms with Crippen LogP contribution in [0.15, 0.2) is 23.3 Å². The van der Waals surface area contributed by atoms with Crippen LogP contribution in [0.25, 0.3) is 0 Å². The maximum Gasteiger partial charge on any atom is 0.303 e. The predicted octanol–water partition coefficient (Wildman–Crippen LogP) is 6.50. The van der Waals surface area contributed by atoms with Crippen molar-refractivity contribution >= 4 is 5.97 Å². The average Bonchev–Trinajstić information content (AvgIpc) is 2.58. The molecule has 3 unspecified atom stereocenters. The van der Waals surface area contributed by atoms with Gasteiger partial charge in [0.25, 0.3) is 0 Å². The largest absolute Gasteiger partial charge is 0.455 e. The molecule has 0 spiro atoms. The van der Waals surface area contributed by atoms with Gasteiger partial charge in [0.2, 0.25) is 6.04 Å². The topological polar surface area (TPSA) is 69.4 Å². The average molecular weight is 384 g/mol. The molecule has 0 amide bonds. The van der Waals surface area contributed by atoms with Gasteiger partial charge in [0.15, 0.2) is 6.10 Å². The molecule has 5 heteroatoms. The van der Waals surface area contributed by atoms with Gasteiger partial charge in [-0.15, -0.1) is 0 Å². The van der Waals surface area contributed by atoms with Crippen LogP contribution in [-0.2, 0) is 9.53 Å². The zero-order chi connectivity index (χ0) is 21.4. The van der Waals surface area contributed by atoms with Crippen LogP contribution in [0, 0.1) is 16.0 Å². The van der Waals surface area contributed by atoms with E-state index in [-0.39, 0.29) is 4.92 Å². The molecule has 0 rings (SSSR count). The fourth-order valence-corrected chi connectivity index (χ4v) is 2.52. The molecule has 0 saturated carbocycles. The Hall–Kier alpha value is -1.65. The Balaban J connectivity index is 0. The highest BCUT2D eigenvalue weighted by Gasteiger charge is 2.33. The summed E-state index contributed by atoms with van der Waals surface area (Å²) in [7, 11) is 0. The number of ether oxygens (including phenoxy) is 1. The molecule has 3 atom stereocenters. The third-order valence-electron chi connectivity index (χ3n) is 4.60. The first-order valence-electron chi connectivity index (χ1n) is 10.1. The highest BCUT2D eigenvalue weighted by atomic mass is 16.6. The molecule has 0 aromatic carbocycles. The fourth-order valence-electron chi connectivity index (χ4n) is 2.52. The number of nitro groups is 1. The number of unbranched alkanes of at least 4 members (excludes halogenated alkanes) is 1. The maximum absolute atomic E-state index is 11.2. The lowest BCUT2D eigenvalue weighted by Crippen LogP contribution is -2.37. The molecule has 0 aliphatic rings. The Bertz CT molecular complexity index is 479. The van der Waals surface area contributed by atoms with Crippen LogP contribution in [0.3, 0.4) is 0 Å². The molecule has 0 bridgehead atoms. The lowest BCUT2D eigenvalue weighted by Gasteiger charge is -2.23. The number of hydrogen-bond donors (Lipinski definition) is 0. The Labute approximate surface area is 166 Å². The highest BCUT2D eigenvalue weighted by molar-refractivity contribution is 5.66. The smallest absolute Gasteiger partial charge is 0.303 e. The first-order valence-corrected chi connectivity index (χ1v) is 10.1. The van der Waals surface area contributed by atoms with Crippen LogP contribution in [0.4, 0.5) is 0 Å². The molecule has 0 saturated heterocycles. The van der Waals surface area contributed by atoms with Gasteiger partial charge in [0, 0.05) is 18.3 Å². The minimum Gasteiger partial charge on any atom is -0.455 e. The SMILES string of the molecule is CC/C(C)=C/CCCC(C)CC(OC(C)=O)C(CC)[N+](=O)[O-].CC=C(C)C. The van der Waals surface area contributed by atoms with Gasteiger partial charge in [-0.25, -0.2) is 0 Å². The Morgan fingerprint density at radius 3 is 2.11 bits per heavy atom. The van der Waals surface area contributed by atoms with Gasteiger partial charge in [0.1, 0.15) is 0 Å². The Morgan fingerprint density at radius 2 is 1.74 bits per heavy atom. The van der Waals surface area contributed by atoms with Gasteiger partial charge >= 0.3 is 5.97 Å². The third-order valence-corrected chi connectivity index (χ3v) is 4.60. The van der Waals surface area contributed by atoms with E-state index in [1.807, 2.05) is 6.92 Å². The second kappa shape index (κ2) is 16.5. The van der Waals surface area contributed by atoms with E-state index >= 15 is 0 Å². The molecule has 158 valence electrons. The zero-order valence-electron chi connectivity index (χ0n) is 18.7. The molecule has 27 heavy (non-hydrogen) atoms. The van der Waals surface area contributed by atoms with Gasteiger partial charge in [0.05, 0.1) is 0 Å². The van der Waals surface area contributed by atoms with Crippen LogP contribution in [-0.4, -0.2) is 23.0 Å². The number of allylic oxidation sites excluding steroid dienone is 4. The monoisotopic (exact) mass is 383 g/mol. The van der Waals surface area contributed by atoms with Crippen molar-refractivity contribution in [3.63, 3.8) is 0 Å². The first-order chi connectivity index (χ1) is 12.6. The second-order valence-electron chi connectivity index (χ2n) is 7.45. The van der Waals surface area contributed by atoms with Gasteiger partial charge in [-0.1, -0.05) is 50.5 Å². The van der Waals surface area contributed by atoms with Crippen molar-refractivity contribution in [3.05, 3.63) is 33.4 Å². The van der Waals surface area contributed by atoms with Crippen LogP contribution < -0.4 is 0 Å². The minimum atomic E-state index is -0.811. The summed E-state index contributed by atoms with van der Waals surface area (Å²) in [5.41, 5.74) is 2.77. The number of esters is 1. The van der Waals surface area contributed by atoms with Gasteiger partial charge in [-0.3, -0.25) is 14.9 Å². The van der Waals surface area contributed by atoms with Crippen molar-refractivity contribution in [3.8, 4) is 0 Å². The summed E-state index contributed by atoms with van der Waals surface area (Å²) >= 11 is 0. The summed E-state index contributed by atoms with van der Waals surface area (Å²) in [5.74, 6) is -0.146. The van der Waals surface area contributed by atoms with Crippen molar-refractivity contribution in [1.82, 2.24) is 0 Å². The van der Waals surface area contributed by atoms with Crippen molar-refractivity contribution in [2.24, 2.45) is 5.92 Å². The Morgan fingerprint density at radius 1 is 1.19 bits per heavy atom. The van der Waals surface area contributed by atoms with Crippen molar-refractivity contribution in [1.29, 1.82) is 0 Å². The van der Waals surface area contributed by atoms with E-state index in [4.69, 9.17) is 4.74 Å². The Kier molecular flexibility index (Phi) is 16.9. The van der Waals surface area contributed by atoms with Gasteiger partial charge in [-0.05, 0) is 59.3 Å². The second-order valence-corrected chi connectivity index (χ2v) is 7.45. The third kappa shape index (κ3) is 16.3. The number of rotatable bonds is 11. The summed E-state index contributed by atoms with van der Waals surface area (Å²) < 4.78 is 5.20. The van der Waals surface area contributed by atoms with Crippen LogP contribution >= 0.6 is 0 Å². The van der Waals surface area contributed by atoms with Gasteiger partial charge < -0.3 is 4.74 Å². The van der Waals surface area contributed by atoms with E-state index in [9.17, 15) is 14.9 Å². The van der Waals surface area contributed by atoms with Crippen molar-refractivity contribution < 1.29 is 14.5 Å². The van der Waals surface area contributed by atoms with E-state index in [1.165, 1.54) is 18.1 Å². The molecule has 0 aliphatic heterocycles. The lowest BCUT2D eigenvalue weighted by molar-refractivity contribution is -0.534. The highest BCUT2D eigenvalue weighted by Crippen LogP contribution is 2.21. The van der Waals surface area contributed by atoms with Crippen LogP contribution in [0.2, 0.25) is 0 Å². The number of nitrogens with zero attached hydrogens (tertiary/aromatic N) is 1. The van der Waals surface area contributed by atoms with E-state index in [2.05, 4.69) is 46.8 Å². The molecular formula is C22H41NO4. The molecular weight excluding hydrogens is 342 g/mol. The standard InChI is InChI=1S/C17H31NO4.C5H10/c1-6-13(3)10-8-9-11-14(4)12-17(22-15(5)19)16(7-2)18(20)21;1-4-5(2)3/h10,14,16-17H,6-9,11-12H2,1-5H3;4H,1-3H3/b13-10+;. The number of carbonyl (C=O) groups excluding carboxylic acids is 1. The summed E-state index contributed by atoms with van der Waals surface area (Å²) in [5, 5.41) is 11.1. The van der Waals surface area contributed by atoms with E-state index in [0.717, 1.165) is 25.7 Å². The summed E-state index contributed by atoms with van der Waals surface area (Å²) in [4.78, 5) is 22.0. The lowest BCUT2D eigenvalue weighted by atomic mass is 9.93. The van der Waals surface area contributed by atoms with Gasteiger partial charge in [-0.2, -0.15) is 0 Å². The number of hydrogen-bond acceptors (Lipinski definition) is 4. The maximum atomic E-state index is 11.2. The van der Waals surface area contributed by atoms with Crippen LogP contribution in [0.5, 0.6) is 0 Å². The normalized spacial score (nSPS) is 14.3. The molecule has 0 radical (unpaired) electrons. The van der Waals surface area contributed by atoms with Crippen LogP contribution in [0.1, 0.15) is 93.9 Å². The summed E-state index contributed by atoms with van der Waals surface area (Å²) in [6.45, 7) is 15.6. The minimum absolute atomic E-state index is 0.300. The fraction of sp³-hybridized carbons (Fsp3) is 0.773. The first kappa shape index (κ1) is 27.6. The molecule has 0 fully saturated rings. The molecule has 0 N–H and O–H groups in total. The summed E-state index contributed by atoms with van der Waals surface area (Å²) in [6.07, 6.45) is 8.79. The van der Waals surface area contributed by atoms with Crippen molar-refractivity contribution in [2.75, 3.05) is 0 Å². The molecule has 0 aliphatic carbocycles. The molecule has 0 aromatic heterocycles. The number of carbonyl (C=O) groups is 1. The predicted molar refractivity (Wildman–Crippen MR) is 113 cm³/mol. The molecule has 0 aromatic rings. The molecule has 0 heterocycles. The zero-order valence-corrected chi connectivity index (χ0v) is 18.7.